The summed E-state index contributed by atoms with van der Waals surface area (Å²) in [7, 11) is 0. The third-order valence-electron chi connectivity index (χ3n) is 5.13. The predicted octanol–water partition coefficient (Wildman–Crippen LogP) is 1.71. The van der Waals surface area contributed by atoms with Crippen molar-refractivity contribution in [1.29, 1.82) is 0 Å². The molecular weight excluding hydrogens is 335 g/mol. The number of amides is 3. The number of hydrogen-bond acceptors (Lipinski definition) is 3. The monoisotopic (exact) mass is 362 g/mol. The van der Waals surface area contributed by atoms with Crippen LogP contribution < -0.4 is 10.6 Å². The second kappa shape index (κ2) is 8.98. The molecule has 0 saturated carbocycles. The van der Waals surface area contributed by atoms with Crippen molar-refractivity contribution >= 4 is 11.9 Å². The lowest BCUT2D eigenvalue weighted by atomic mass is 10.2. The molecule has 1 aromatic rings. The van der Waals surface area contributed by atoms with Gasteiger partial charge in [-0.2, -0.15) is 0 Å². The Morgan fingerprint density at radius 3 is 2.50 bits per heavy atom. The van der Waals surface area contributed by atoms with Gasteiger partial charge in [0.1, 0.15) is 5.82 Å². The van der Waals surface area contributed by atoms with E-state index in [9.17, 15) is 14.0 Å². The average Bonchev–Trinajstić information content (AvgIpc) is 3.31. The van der Waals surface area contributed by atoms with Crippen molar-refractivity contribution in [2.24, 2.45) is 0 Å². The van der Waals surface area contributed by atoms with Crippen molar-refractivity contribution in [2.45, 2.75) is 38.3 Å². The molecule has 1 unspecified atom stereocenters. The average molecular weight is 362 g/mol. The Morgan fingerprint density at radius 1 is 1.04 bits per heavy atom. The van der Waals surface area contributed by atoms with Crippen LogP contribution in [0, 0.1) is 5.82 Å². The highest BCUT2D eigenvalue weighted by molar-refractivity contribution is 5.84. The van der Waals surface area contributed by atoms with Crippen molar-refractivity contribution in [3.8, 4) is 0 Å². The standard InChI is InChI=1S/C19H27FN4O2/c20-16-7-5-15(6-8-16)12-21-19(26)22-13-18(25)24-11-3-4-17(24)14-23-9-1-2-10-23/h5-8,17H,1-4,9-14H2,(H2,21,22,26). The lowest BCUT2D eigenvalue weighted by Crippen LogP contribution is -2.47. The van der Waals surface area contributed by atoms with E-state index in [1.807, 2.05) is 4.90 Å². The van der Waals surface area contributed by atoms with E-state index < -0.39 is 6.03 Å². The van der Waals surface area contributed by atoms with Crippen LogP contribution in [-0.2, 0) is 11.3 Å². The molecule has 2 heterocycles. The van der Waals surface area contributed by atoms with Gasteiger partial charge in [0, 0.05) is 25.7 Å². The van der Waals surface area contributed by atoms with E-state index in [1.54, 1.807) is 12.1 Å². The largest absolute Gasteiger partial charge is 0.337 e. The van der Waals surface area contributed by atoms with Crippen LogP contribution in [0.5, 0.6) is 0 Å². The lowest BCUT2D eigenvalue weighted by molar-refractivity contribution is -0.131. The first-order valence-electron chi connectivity index (χ1n) is 9.40. The van der Waals surface area contributed by atoms with E-state index in [0.717, 1.165) is 44.6 Å². The SMILES string of the molecule is O=C(NCC(=O)N1CCCC1CN1CCCC1)NCc1ccc(F)cc1. The van der Waals surface area contributed by atoms with E-state index in [4.69, 9.17) is 0 Å². The van der Waals surface area contributed by atoms with E-state index in [-0.39, 0.29) is 24.3 Å². The maximum atomic E-state index is 12.9. The van der Waals surface area contributed by atoms with Crippen LogP contribution in [0.15, 0.2) is 24.3 Å². The third kappa shape index (κ3) is 5.17. The Balaban J connectivity index is 1.39. The Morgan fingerprint density at radius 2 is 1.77 bits per heavy atom. The quantitative estimate of drug-likeness (QED) is 0.810. The Hall–Kier alpha value is -2.15. The van der Waals surface area contributed by atoms with Crippen molar-refractivity contribution < 1.29 is 14.0 Å². The molecule has 26 heavy (non-hydrogen) atoms. The molecule has 2 saturated heterocycles. The number of urea groups is 1. The zero-order chi connectivity index (χ0) is 18.4. The molecule has 7 heteroatoms. The number of nitrogens with one attached hydrogen (secondary N) is 2. The minimum absolute atomic E-state index is 0.00571. The normalized spacial score (nSPS) is 20.3. The first kappa shape index (κ1) is 18.6. The fraction of sp³-hybridized carbons (Fsp3) is 0.579. The molecule has 3 amide bonds. The van der Waals surface area contributed by atoms with E-state index in [2.05, 4.69) is 15.5 Å². The summed E-state index contributed by atoms with van der Waals surface area (Å²) >= 11 is 0. The summed E-state index contributed by atoms with van der Waals surface area (Å²) in [6.07, 6.45) is 4.56. The Bertz CT molecular complexity index is 616. The van der Waals surface area contributed by atoms with E-state index in [0.29, 0.717) is 6.54 Å². The number of nitrogens with zero attached hydrogens (tertiary/aromatic N) is 2. The molecule has 142 valence electrons. The van der Waals surface area contributed by atoms with Crippen LogP contribution in [0.25, 0.3) is 0 Å². The predicted molar refractivity (Wildman–Crippen MR) is 97.0 cm³/mol. The van der Waals surface area contributed by atoms with Gasteiger partial charge < -0.3 is 20.4 Å². The zero-order valence-electron chi connectivity index (χ0n) is 15.0. The molecule has 0 aromatic heterocycles. The van der Waals surface area contributed by atoms with Crippen LogP contribution in [-0.4, -0.2) is 60.5 Å². The topological polar surface area (TPSA) is 64.7 Å². The van der Waals surface area contributed by atoms with Gasteiger partial charge in [-0.1, -0.05) is 12.1 Å². The van der Waals surface area contributed by atoms with Gasteiger partial charge in [-0.25, -0.2) is 9.18 Å². The van der Waals surface area contributed by atoms with Gasteiger partial charge in [-0.05, 0) is 56.5 Å². The summed E-state index contributed by atoms with van der Waals surface area (Å²) in [5.41, 5.74) is 0.804. The summed E-state index contributed by atoms with van der Waals surface area (Å²) in [6, 6.07) is 5.82. The number of carbonyl (C=O) groups is 2. The molecule has 0 bridgehead atoms. The minimum Gasteiger partial charge on any atom is -0.337 e. The number of hydrogen-bond donors (Lipinski definition) is 2. The molecule has 2 N–H and O–H groups in total. The van der Waals surface area contributed by atoms with Gasteiger partial charge >= 0.3 is 6.03 Å². The summed E-state index contributed by atoms with van der Waals surface area (Å²) < 4.78 is 12.9. The van der Waals surface area contributed by atoms with Crippen molar-refractivity contribution in [3.63, 3.8) is 0 Å². The molecular formula is C19H27FN4O2. The van der Waals surface area contributed by atoms with Crippen LogP contribution in [0.1, 0.15) is 31.2 Å². The molecule has 1 aromatic carbocycles. The second-order valence-corrected chi connectivity index (χ2v) is 7.05. The maximum Gasteiger partial charge on any atom is 0.315 e. The highest BCUT2D eigenvalue weighted by Gasteiger charge is 2.30. The summed E-state index contributed by atoms with van der Waals surface area (Å²) in [5.74, 6) is -0.332. The third-order valence-corrected chi connectivity index (χ3v) is 5.13. The molecule has 6 nitrogen and oxygen atoms in total. The summed E-state index contributed by atoms with van der Waals surface area (Å²) in [4.78, 5) is 28.7. The zero-order valence-corrected chi connectivity index (χ0v) is 15.0. The summed E-state index contributed by atoms with van der Waals surface area (Å²) in [6.45, 7) is 4.28. The van der Waals surface area contributed by atoms with Gasteiger partial charge in [-0.15, -0.1) is 0 Å². The molecule has 0 spiro atoms. The van der Waals surface area contributed by atoms with Gasteiger partial charge in [0.05, 0.1) is 6.54 Å². The number of halogens is 1. The summed E-state index contributed by atoms with van der Waals surface area (Å²) in [5, 5.41) is 5.31. The molecule has 3 rings (SSSR count). The maximum absolute atomic E-state index is 12.9. The lowest BCUT2D eigenvalue weighted by Gasteiger charge is -2.28. The highest BCUT2D eigenvalue weighted by atomic mass is 19.1. The number of likely N-dealkylation sites (tertiary alicyclic amines) is 2. The van der Waals surface area contributed by atoms with Crippen molar-refractivity contribution in [1.82, 2.24) is 20.4 Å². The number of carbonyl (C=O) groups excluding carboxylic acids is 2. The van der Waals surface area contributed by atoms with Gasteiger partial charge in [0.2, 0.25) is 5.91 Å². The van der Waals surface area contributed by atoms with Gasteiger partial charge in [-0.3, -0.25) is 4.79 Å². The Kier molecular flexibility index (Phi) is 6.44. The van der Waals surface area contributed by atoms with Gasteiger partial charge in [0.25, 0.3) is 0 Å². The van der Waals surface area contributed by atoms with E-state index in [1.165, 1.54) is 25.0 Å². The smallest absolute Gasteiger partial charge is 0.315 e. The number of rotatable bonds is 6. The first-order valence-corrected chi connectivity index (χ1v) is 9.40. The van der Waals surface area contributed by atoms with Crippen LogP contribution >= 0.6 is 0 Å². The number of benzene rings is 1. The highest BCUT2D eigenvalue weighted by Crippen LogP contribution is 2.20. The van der Waals surface area contributed by atoms with Crippen LogP contribution in [0.4, 0.5) is 9.18 Å². The van der Waals surface area contributed by atoms with Crippen molar-refractivity contribution in [2.75, 3.05) is 32.7 Å². The second-order valence-electron chi connectivity index (χ2n) is 7.05. The van der Waals surface area contributed by atoms with Crippen LogP contribution in [0.3, 0.4) is 0 Å². The van der Waals surface area contributed by atoms with E-state index >= 15 is 0 Å². The molecule has 0 radical (unpaired) electrons. The fourth-order valence-corrected chi connectivity index (χ4v) is 3.72. The molecule has 2 aliphatic rings. The molecule has 2 aliphatic heterocycles. The van der Waals surface area contributed by atoms with Crippen molar-refractivity contribution in [3.05, 3.63) is 35.6 Å². The molecule has 2 fully saturated rings. The van der Waals surface area contributed by atoms with Crippen LogP contribution in [0.2, 0.25) is 0 Å². The van der Waals surface area contributed by atoms with Gasteiger partial charge in [0.15, 0.2) is 0 Å². The fourth-order valence-electron chi connectivity index (χ4n) is 3.72. The molecule has 0 aliphatic carbocycles. The minimum atomic E-state index is -0.391. The first-order chi connectivity index (χ1) is 12.6. The molecule has 1 atom stereocenters. The Labute approximate surface area is 153 Å².